The SMILES string of the molecule is CCC(NCC1(C)COC1)C(N)=O. The van der Waals surface area contributed by atoms with Crippen molar-refractivity contribution < 1.29 is 9.53 Å². The molecule has 1 unspecified atom stereocenters. The molecular weight excluding hydrogens is 168 g/mol. The summed E-state index contributed by atoms with van der Waals surface area (Å²) in [6.07, 6.45) is 0.742. The van der Waals surface area contributed by atoms with Gasteiger partial charge in [0.05, 0.1) is 19.3 Å². The van der Waals surface area contributed by atoms with Crippen LogP contribution in [-0.2, 0) is 9.53 Å². The van der Waals surface area contributed by atoms with Crippen LogP contribution in [0.5, 0.6) is 0 Å². The Bertz CT molecular complexity index is 190. The van der Waals surface area contributed by atoms with Crippen molar-refractivity contribution in [2.24, 2.45) is 11.1 Å². The average Bonchev–Trinajstić information content (AvgIpc) is 2.02. The van der Waals surface area contributed by atoms with Crippen LogP contribution < -0.4 is 11.1 Å². The summed E-state index contributed by atoms with van der Waals surface area (Å²) in [5, 5.41) is 3.16. The standard InChI is InChI=1S/C9H18N2O2/c1-3-7(8(10)12)11-4-9(2)5-13-6-9/h7,11H,3-6H2,1-2H3,(H2,10,12). The molecule has 1 saturated heterocycles. The van der Waals surface area contributed by atoms with Crippen molar-refractivity contribution >= 4 is 5.91 Å². The van der Waals surface area contributed by atoms with E-state index in [4.69, 9.17) is 10.5 Å². The van der Waals surface area contributed by atoms with E-state index in [0.717, 1.165) is 26.2 Å². The lowest BCUT2D eigenvalue weighted by Gasteiger charge is -2.38. The first-order valence-electron chi connectivity index (χ1n) is 4.68. The van der Waals surface area contributed by atoms with Gasteiger partial charge in [0.1, 0.15) is 0 Å². The van der Waals surface area contributed by atoms with Crippen LogP contribution in [-0.4, -0.2) is 31.7 Å². The predicted octanol–water partition coefficient (Wildman–Crippen LogP) is -0.124. The smallest absolute Gasteiger partial charge is 0.234 e. The van der Waals surface area contributed by atoms with Gasteiger partial charge in [-0.2, -0.15) is 0 Å². The molecule has 13 heavy (non-hydrogen) atoms. The third-order valence-corrected chi connectivity index (χ3v) is 2.43. The maximum atomic E-state index is 10.9. The second-order valence-corrected chi connectivity index (χ2v) is 4.05. The van der Waals surface area contributed by atoms with Crippen molar-refractivity contribution in [1.82, 2.24) is 5.32 Å². The Balaban J connectivity index is 2.27. The Morgan fingerprint density at radius 1 is 1.69 bits per heavy atom. The Morgan fingerprint density at radius 3 is 2.62 bits per heavy atom. The molecule has 0 radical (unpaired) electrons. The molecule has 1 heterocycles. The first-order chi connectivity index (χ1) is 6.07. The van der Waals surface area contributed by atoms with Gasteiger partial charge < -0.3 is 15.8 Å². The van der Waals surface area contributed by atoms with Crippen LogP contribution in [0.2, 0.25) is 0 Å². The van der Waals surface area contributed by atoms with Crippen molar-refractivity contribution in [3.63, 3.8) is 0 Å². The maximum absolute atomic E-state index is 10.9. The Hall–Kier alpha value is -0.610. The largest absolute Gasteiger partial charge is 0.380 e. The first kappa shape index (κ1) is 10.5. The number of hydrogen-bond acceptors (Lipinski definition) is 3. The molecule has 1 aliphatic heterocycles. The molecule has 1 fully saturated rings. The van der Waals surface area contributed by atoms with Crippen LogP contribution in [0, 0.1) is 5.41 Å². The molecule has 0 spiro atoms. The second kappa shape index (κ2) is 4.07. The fourth-order valence-electron chi connectivity index (χ4n) is 1.37. The van der Waals surface area contributed by atoms with Gasteiger partial charge in [-0.15, -0.1) is 0 Å². The summed E-state index contributed by atoms with van der Waals surface area (Å²) in [6, 6.07) is -0.197. The van der Waals surface area contributed by atoms with Crippen LogP contribution >= 0.6 is 0 Å². The molecule has 1 atom stereocenters. The fourth-order valence-corrected chi connectivity index (χ4v) is 1.37. The Labute approximate surface area is 78.8 Å². The summed E-state index contributed by atoms with van der Waals surface area (Å²) in [5.74, 6) is -0.272. The van der Waals surface area contributed by atoms with Crippen LogP contribution in [0.15, 0.2) is 0 Å². The lowest BCUT2D eigenvalue weighted by atomic mass is 9.88. The number of ether oxygens (including phenoxy) is 1. The molecule has 0 saturated carbocycles. The van der Waals surface area contributed by atoms with Gasteiger partial charge in [0.15, 0.2) is 0 Å². The van der Waals surface area contributed by atoms with Crippen LogP contribution in [0.3, 0.4) is 0 Å². The molecule has 1 aliphatic rings. The van der Waals surface area contributed by atoms with E-state index in [9.17, 15) is 4.79 Å². The number of hydrogen-bond donors (Lipinski definition) is 2. The lowest BCUT2D eigenvalue weighted by Crippen LogP contribution is -2.52. The van der Waals surface area contributed by atoms with E-state index in [1.54, 1.807) is 0 Å². The Morgan fingerprint density at radius 2 is 2.31 bits per heavy atom. The second-order valence-electron chi connectivity index (χ2n) is 4.05. The molecule has 0 aromatic rings. The third kappa shape index (κ3) is 2.67. The van der Waals surface area contributed by atoms with Gasteiger partial charge in [-0.1, -0.05) is 13.8 Å². The zero-order valence-electron chi connectivity index (χ0n) is 8.30. The molecule has 1 rings (SSSR count). The highest BCUT2D eigenvalue weighted by molar-refractivity contribution is 5.79. The van der Waals surface area contributed by atoms with E-state index >= 15 is 0 Å². The number of nitrogens with one attached hydrogen (secondary N) is 1. The van der Waals surface area contributed by atoms with E-state index < -0.39 is 0 Å². The molecule has 4 nitrogen and oxygen atoms in total. The number of amides is 1. The van der Waals surface area contributed by atoms with E-state index in [1.807, 2.05) is 6.92 Å². The summed E-state index contributed by atoms with van der Waals surface area (Å²) in [5.41, 5.74) is 5.40. The summed E-state index contributed by atoms with van der Waals surface area (Å²) < 4.78 is 5.11. The fraction of sp³-hybridized carbons (Fsp3) is 0.889. The van der Waals surface area contributed by atoms with Crippen molar-refractivity contribution in [3.8, 4) is 0 Å². The van der Waals surface area contributed by atoms with E-state index in [-0.39, 0.29) is 17.4 Å². The molecule has 0 bridgehead atoms. The van der Waals surface area contributed by atoms with E-state index in [0.29, 0.717) is 0 Å². The minimum atomic E-state index is -0.272. The quantitative estimate of drug-likeness (QED) is 0.629. The molecule has 0 aromatic heterocycles. The first-order valence-corrected chi connectivity index (χ1v) is 4.68. The zero-order valence-corrected chi connectivity index (χ0v) is 8.30. The predicted molar refractivity (Wildman–Crippen MR) is 50.2 cm³/mol. The third-order valence-electron chi connectivity index (χ3n) is 2.43. The van der Waals surface area contributed by atoms with Gasteiger partial charge in [-0.25, -0.2) is 0 Å². The van der Waals surface area contributed by atoms with Gasteiger partial charge in [0, 0.05) is 12.0 Å². The van der Waals surface area contributed by atoms with Gasteiger partial charge in [-0.3, -0.25) is 4.79 Å². The minimum absolute atomic E-state index is 0.197. The summed E-state index contributed by atoms with van der Waals surface area (Å²) in [7, 11) is 0. The molecule has 1 amide bonds. The lowest BCUT2D eigenvalue weighted by molar-refractivity contribution is -0.122. The molecule has 4 heteroatoms. The highest BCUT2D eigenvalue weighted by Crippen LogP contribution is 2.25. The summed E-state index contributed by atoms with van der Waals surface area (Å²) in [6.45, 7) is 6.43. The molecule has 76 valence electrons. The minimum Gasteiger partial charge on any atom is -0.380 e. The topological polar surface area (TPSA) is 64.3 Å². The number of rotatable bonds is 5. The van der Waals surface area contributed by atoms with Gasteiger partial charge in [0.25, 0.3) is 0 Å². The normalized spacial score (nSPS) is 22.0. The number of carbonyl (C=O) groups excluding carboxylic acids is 1. The molecule has 0 aromatic carbocycles. The number of nitrogens with two attached hydrogens (primary N) is 1. The summed E-state index contributed by atoms with van der Waals surface area (Å²) in [4.78, 5) is 10.9. The zero-order chi connectivity index (χ0) is 9.90. The maximum Gasteiger partial charge on any atom is 0.234 e. The number of primary amides is 1. The Kier molecular flexibility index (Phi) is 3.27. The molecule has 0 aliphatic carbocycles. The number of carbonyl (C=O) groups is 1. The molecule has 3 N–H and O–H groups in total. The van der Waals surface area contributed by atoms with Crippen LogP contribution in [0.25, 0.3) is 0 Å². The van der Waals surface area contributed by atoms with Crippen molar-refractivity contribution in [1.29, 1.82) is 0 Å². The van der Waals surface area contributed by atoms with Crippen LogP contribution in [0.4, 0.5) is 0 Å². The highest BCUT2D eigenvalue weighted by Gasteiger charge is 2.33. The average molecular weight is 186 g/mol. The highest BCUT2D eigenvalue weighted by atomic mass is 16.5. The molecular formula is C9H18N2O2. The van der Waals surface area contributed by atoms with E-state index in [1.165, 1.54) is 0 Å². The van der Waals surface area contributed by atoms with Crippen LogP contribution in [0.1, 0.15) is 20.3 Å². The van der Waals surface area contributed by atoms with Gasteiger partial charge in [0.2, 0.25) is 5.91 Å². The van der Waals surface area contributed by atoms with Gasteiger partial charge in [-0.05, 0) is 6.42 Å². The van der Waals surface area contributed by atoms with Crippen molar-refractivity contribution in [3.05, 3.63) is 0 Å². The van der Waals surface area contributed by atoms with Crippen molar-refractivity contribution in [2.75, 3.05) is 19.8 Å². The van der Waals surface area contributed by atoms with E-state index in [2.05, 4.69) is 12.2 Å². The van der Waals surface area contributed by atoms with Gasteiger partial charge >= 0.3 is 0 Å². The monoisotopic (exact) mass is 186 g/mol. The summed E-state index contributed by atoms with van der Waals surface area (Å²) >= 11 is 0. The van der Waals surface area contributed by atoms with Crippen molar-refractivity contribution in [2.45, 2.75) is 26.3 Å².